The predicted molar refractivity (Wildman–Crippen MR) is 105 cm³/mol. The lowest BCUT2D eigenvalue weighted by atomic mass is 10.2. The highest BCUT2D eigenvalue weighted by molar-refractivity contribution is 6.29. The van der Waals surface area contributed by atoms with Crippen molar-refractivity contribution in [2.75, 3.05) is 43.1 Å². The SMILES string of the molecule is C[C@@H]1COCCN1c1cc(Cl)nc(-n2c(NCCO)nc3ccccc32)n1. The summed E-state index contributed by atoms with van der Waals surface area (Å²) in [6.07, 6.45) is 0. The molecule has 9 heteroatoms. The van der Waals surface area contributed by atoms with E-state index >= 15 is 0 Å². The molecule has 0 saturated carbocycles. The van der Waals surface area contributed by atoms with Crippen molar-refractivity contribution in [1.29, 1.82) is 0 Å². The fraction of sp³-hybridized carbons (Fsp3) is 0.389. The van der Waals surface area contributed by atoms with Gasteiger partial charge in [0.2, 0.25) is 11.9 Å². The molecule has 0 amide bonds. The maximum atomic E-state index is 9.18. The second-order valence-electron chi connectivity index (χ2n) is 6.38. The molecule has 3 heterocycles. The Morgan fingerprint density at radius 2 is 2.15 bits per heavy atom. The summed E-state index contributed by atoms with van der Waals surface area (Å²) in [6.45, 7) is 4.50. The van der Waals surface area contributed by atoms with Crippen molar-refractivity contribution in [2.45, 2.75) is 13.0 Å². The van der Waals surface area contributed by atoms with Crippen molar-refractivity contribution in [3.63, 3.8) is 0 Å². The van der Waals surface area contributed by atoms with Gasteiger partial charge in [0.1, 0.15) is 11.0 Å². The van der Waals surface area contributed by atoms with E-state index in [4.69, 9.17) is 21.3 Å². The van der Waals surface area contributed by atoms with E-state index in [1.54, 1.807) is 6.07 Å². The molecular weight excluding hydrogens is 368 g/mol. The maximum Gasteiger partial charge on any atom is 0.240 e. The number of aliphatic hydroxyl groups excluding tert-OH is 1. The minimum atomic E-state index is -0.00382. The van der Waals surface area contributed by atoms with Crippen LogP contribution in [-0.2, 0) is 4.74 Å². The Hall–Kier alpha value is -2.42. The number of aromatic nitrogens is 4. The first-order valence-corrected chi connectivity index (χ1v) is 9.26. The van der Waals surface area contributed by atoms with E-state index in [-0.39, 0.29) is 12.6 Å². The number of anilines is 2. The highest BCUT2D eigenvalue weighted by atomic mass is 35.5. The fourth-order valence-electron chi connectivity index (χ4n) is 3.22. The van der Waals surface area contributed by atoms with Gasteiger partial charge in [-0.3, -0.25) is 0 Å². The molecule has 1 aromatic carbocycles. The Bertz CT molecular complexity index is 947. The van der Waals surface area contributed by atoms with E-state index in [0.29, 0.717) is 36.8 Å². The van der Waals surface area contributed by atoms with Gasteiger partial charge in [0.15, 0.2) is 0 Å². The molecule has 1 aliphatic rings. The molecule has 3 aromatic rings. The third-order valence-corrected chi connectivity index (χ3v) is 4.68. The lowest BCUT2D eigenvalue weighted by Gasteiger charge is -2.34. The monoisotopic (exact) mass is 388 g/mol. The van der Waals surface area contributed by atoms with Gasteiger partial charge in [-0.25, -0.2) is 14.5 Å². The van der Waals surface area contributed by atoms with Crippen LogP contribution in [0.15, 0.2) is 30.3 Å². The van der Waals surface area contributed by atoms with Crippen molar-refractivity contribution < 1.29 is 9.84 Å². The third-order valence-electron chi connectivity index (χ3n) is 4.49. The molecule has 8 nitrogen and oxygen atoms in total. The second kappa shape index (κ2) is 7.67. The van der Waals surface area contributed by atoms with Crippen LogP contribution >= 0.6 is 11.6 Å². The zero-order chi connectivity index (χ0) is 18.8. The summed E-state index contributed by atoms with van der Waals surface area (Å²) in [5, 5.41) is 12.7. The standard InChI is InChI=1S/C18H21ClN6O2/c1-12-11-27-9-7-24(12)16-10-15(19)22-18(23-16)25-14-5-3-2-4-13(14)21-17(25)20-6-8-26/h2-5,10,12,26H,6-9,11H2,1H3,(H,20,21)/t12-/m1/s1. The summed E-state index contributed by atoms with van der Waals surface area (Å²) in [5.41, 5.74) is 1.67. The molecule has 1 atom stereocenters. The molecule has 27 heavy (non-hydrogen) atoms. The van der Waals surface area contributed by atoms with Crippen LogP contribution < -0.4 is 10.2 Å². The molecule has 1 fully saturated rings. The Labute approximate surface area is 161 Å². The van der Waals surface area contributed by atoms with Gasteiger partial charge in [-0.1, -0.05) is 23.7 Å². The first kappa shape index (κ1) is 18.0. The van der Waals surface area contributed by atoms with E-state index in [2.05, 4.69) is 27.1 Å². The minimum Gasteiger partial charge on any atom is -0.395 e. The van der Waals surface area contributed by atoms with Crippen LogP contribution in [0.2, 0.25) is 5.15 Å². The summed E-state index contributed by atoms with van der Waals surface area (Å²) < 4.78 is 7.35. The van der Waals surface area contributed by atoms with Gasteiger partial charge in [0, 0.05) is 19.2 Å². The lowest BCUT2D eigenvalue weighted by molar-refractivity contribution is 0.0985. The molecule has 0 aliphatic carbocycles. The Morgan fingerprint density at radius 3 is 2.96 bits per heavy atom. The van der Waals surface area contributed by atoms with Crippen LogP contribution in [0.1, 0.15) is 6.92 Å². The van der Waals surface area contributed by atoms with Crippen LogP contribution in [0, 0.1) is 0 Å². The highest BCUT2D eigenvalue weighted by Crippen LogP contribution is 2.26. The number of ether oxygens (including phenoxy) is 1. The molecule has 0 unspecified atom stereocenters. The number of para-hydroxylation sites is 2. The van der Waals surface area contributed by atoms with Gasteiger partial charge in [-0.2, -0.15) is 4.98 Å². The zero-order valence-electron chi connectivity index (χ0n) is 15.0. The average molecular weight is 389 g/mol. The fourth-order valence-corrected chi connectivity index (χ4v) is 3.40. The Morgan fingerprint density at radius 1 is 1.30 bits per heavy atom. The van der Waals surface area contributed by atoms with Crippen molar-refractivity contribution in [2.24, 2.45) is 0 Å². The number of fused-ring (bicyclic) bond motifs is 1. The van der Waals surface area contributed by atoms with Crippen molar-refractivity contribution in [3.05, 3.63) is 35.5 Å². The maximum absolute atomic E-state index is 9.18. The van der Waals surface area contributed by atoms with Gasteiger partial charge in [0.05, 0.1) is 36.9 Å². The lowest BCUT2D eigenvalue weighted by Crippen LogP contribution is -2.44. The van der Waals surface area contributed by atoms with Crippen molar-refractivity contribution >= 4 is 34.4 Å². The quantitative estimate of drug-likeness (QED) is 0.647. The Balaban J connectivity index is 1.83. The van der Waals surface area contributed by atoms with Crippen LogP contribution in [0.5, 0.6) is 0 Å². The van der Waals surface area contributed by atoms with E-state index in [1.807, 2.05) is 28.8 Å². The predicted octanol–water partition coefficient (Wildman–Crippen LogP) is 2.10. The summed E-state index contributed by atoms with van der Waals surface area (Å²) in [5.74, 6) is 1.76. The number of rotatable bonds is 5. The molecular formula is C18H21ClN6O2. The van der Waals surface area contributed by atoms with E-state index < -0.39 is 0 Å². The third kappa shape index (κ3) is 3.55. The molecule has 4 rings (SSSR count). The van der Waals surface area contributed by atoms with Crippen LogP contribution in [0.4, 0.5) is 11.8 Å². The topological polar surface area (TPSA) is 88.3 Å². The number of benzene rings is 1. The summed E-state index contributed by atoms with van der Waals surface area (Å²) in [7, 11) is 0. The van der Waals surface area contributed by atoms with Crippen molar-refractivity contribution in [3.8, 4) is 5.95 Å². The second-order valence-corrected chi connectivity index (χ2v) is 6.76. The average Bonchev–Trinajstić information content (AvgIpc) is 3.04. The smallest absolute Gasteiger partial charge is 0.240 e. The number of halogens is 1. The van der Waals surface area contributed by atoms with Crippen LogP contribution in [-0.4, -0.2) is 63.6 Å². The zero-order valence-corrected chi connectivity index (χ0v) is 15.7. The van der Waals surface area contributed by atoms with Gasteiger partial charge < -0.3 is 20.1 Å². The molecule has 0 spiro atoms. The Kier molecular flexibility index (Phi) is 5.11. The normalized spacial score (nSPS) is 17.4. The van der Waals surface area contributed by atoms with Crippen LogP contribution in [0.3, 0.4) is 0 Å². The highest BCUT2D eigenvalue weighted by Gasteiger charge is 2.23. The first-order chi connectivity index (χ1) is 13.2. The molecule has 142 valence electrons. The van der Waals surface area contributed by atoms with E-state index in [0.717, 1.165) is 23.4 Å². The number of nitrogens with one attached hydrogen (secondary N) is 1. The summed E-state index contributed by atoms with van der Waals surface area (Å²) in [4.78, 5) is 16.0. The number of hydrogen-bond donors (Lipinski definition) is 2. The molecule has 0 radical (unpaired) electrons. The van der Waals surface area contributed by atoms with E-state index in [1.165, 1.54) is 0 Å². The summed E-state index contributed by atoms with van der Waals surface area (Å²) in [6, 6.07) is 9.71. The number of hydrogen-bond acceptors (Lipinski definition) is 7. The summed E-state index contributed by atoms with van der Waals surface area (Å²) >= 11 is 6.34. The van der Waals surface area contributed by atoms with Gasteiger partial charge in [0.25, 0.3) is 0 Å². The largest absolute Gasteiger partial charge is 0.395 e. The first-order valence-electron chi connectivity index (χ1n) is 8.89. The van der Waals surface area contributed by atoms with E-state index in [9.17, 15) is 5.11 Å². The molecule has 2 aromatic heterocycles. The van der Waals surface area contributed by atoms with Gasteiger partial charge >= 0.3 is 0 Å². The number of nitrogens with zero attached hydrogens (tertiary/aromatic N) is 5. The molecule has 0 bridgehead atoms. The molecule has 1 aliphatic heterocycles. The number of aliphatic hydroxyl groups is 1. The molecule has 2 N–H and O–H groups in total. The van der Waals surface area contributed by atoms with Crippen molar-refractivity contribution in [1.82, 2.24) is 19.5 Å². The minimum absolute atomic E-state index is 0.00382. The number of imidazole rings is 1. The molecule has 1 saturated heterocycles. The van der Waals surface area contributed by atoms with Gasteiger partial charge in [-0.05, 0) is 19.1 Å². The number of morpholine rings is 1. The van der Waals surface area contributed by atoms with Gasteiger partial charge in [-0.15, -0.1) is 0 Å². The van der Waals surface area contributed by atoms with Crippen LogP contribution in [0.25, 0.3) is 17.0 Å².